The minimum atomic E-state index is -1.67. The maximum atomic E-state index is 12.5. The molecule has 9 heteroatoms. The van der Waals surface area contributed by atoms with Gasteiger partial charge in [-0.3, -0.25) is 4.98 Å². The van der Waals surface area contributed by atoms with Crippen molar-refractivity contribution >= 4 is 22.5 Å². The number of aliphatic hydroxyl groups is 1. The van der Waals surface area contributed by atoms with Crippen LogP contribution in [0, 0.1) is 13.8 Å². The number of aromatic nitrogens is 2. The molecule has 2 aromatic carbocycles. The van der Waals surface area contributed by atoms with Crippen molar-refractivity contribution in [2.45, 2.75) is 26.1 Å². The highest BCUT2D eigenvalue weighted by Gasteiger charge is 2.40. The molecule has 0 aliphatic rings. The molecule has 1 unspecified atom stereocenters. The molecular formula is C29H32ClN5O3. The van der Waals surface area contributed by atoms with Crippen molar-refractivity contribution in [1.82, 2.24) is 20.3 Å². The number of nitrogens with two attached hydrogens (primary N) is 1. The highest BCUT2D eigenvalue weighted by Crippen LogP contribution is 2.43. The fourth-order valence-corrected chi connectivity index (χ4v) is 4.80. The summed E-state index contributed by atoms with van der Waals surface area (Å²) < 4.78 is 11.6. The molecule has 8 nitrogen and oxygen atoms in total. The summed E-state index contributed by atoms with van der Waals surface area (Å²) in [7, 11) is 4.93. The maximum Gasteiger partial charge on any atom is 0.258 e. The van der Waals surface area contributed by atoms with Crippen molar-refractivity contribution in [1.29, 1.82) is 0 Å². The van der Waals surface area contributed by atoms with E-state index in [2.05, 4.69) is 15.3 Å². The molecule has 0 aliphatic heterocycles. The van der Waals surface area contributed by atoms with Gasteiger partial charge in [-0.25, -0.2) is 10.8 Å². The van der Waals surface area contributed by atoms with E-state index >= 15 is 0 Å². The second-order valence-corrected chi connectivity index (χ2v) is 9.37. The van der Waals surface area contributed by atoms with E-state index in [1.54, 1.807) is 38.5 Å². The van der Waals surface area contributed by atoms with Gasteiger partial charge in [0.15, 0.2) is 5.60 Å². The van der Waals surface area contributed by atoms with Gasteiger partial charge in [-0.05, 0) is 43.2 Å². The molecule has 0 saturated heterocycles. The molecule has 4 N–H and O–H groups in total. The third-order valence-corrected chi connectivity index (χ3v) is 6.71. The molecule has 0 spiro atoms. The number of methoxy groups -OCH3 is 1. The van der Waals surface area contributed by atoms with Gasteiger partial charge >= 0.3 is 0 Å². The molecule has 0 aliphatic carbocycles. The van der Waals surface area contributed by atoms with Crippen LogP contribution in [-0.4, -0.2) is 41.3 Å². The smallest absolute Gasteiger partial charge is 0.258 e. The van der Waals surface area contributed by atoms with Gasteiger partial charge in [0.25, 0.3) is 5.88 Å². The first-order chi connectivity index (χ1) is 18.2. The lowest BCUT2D eigenvalue weighted by Gasteiger charge is -2.36. The third-order valence-electron chi connectivity index (χ3n) is 6.33. The van der Waals surface area contributed by atoms with Gasteiger partial charge in [-0.1, -0.05) is 54.1 Å². The zero-order chi connectivity index (χ0) is 27.4. The summed E-state index contributed by atoms with van der Waals surface area (Å²) in [6, 6.07) is 18.8. The van der Waals surface area contributed by atoms with Gasteiger partial charge in [-0.2, -0.15) is 0 Å². The summed E-state index contributed by atoms with van der Waals surface area (Å²) in [5.74, 6) is 6.83. The van der Waals surface area contributed by atoms with E-state index in [1.165, 1.54) is 12.1 Å². The van der Waals surface area contributed by atoms with Gasteiger partial charge < -0.3 is 24.9 Å². The molecule has 0 radical (unpaired) electrons. The van der Waals surface area contributed by atoms with Crippen LogP contribution in [0.1, 0.15) is 28.1 Å². The van der Waals surface area contributed by atoms with Crippen molar-refractivity contribution in [3.05, 3.63) is 106 Å². The first-order valence-electron chi connectivity index (χ1n) is 12.1. The number of hydrogen-bond donors (Lipinski definition) is 3. The standard InChI is InChI=1S/C29H32ClN5O3/c1-18-11-13-23(19(2)33-18)29(36,25(16-32-3)35(4)31)21-12-14-24-22(15-21)26(30)27(28(34-24)37-5)38-17-20-9-7-6-8-10-20/h6-16,32,36H,17,31H2,1-5H3/b25-16-. The zero-order valence-corrected chi connectivity index (χ0v) is 22.9. The maximum absolute atomic E-state index is 12.5. The number of fused-ring (bicyclic) bond motifs is 1. The predicted octanol–water partition coefficient (Wildman–Crippen LogP) is 4.59. The fraction of sp³-hybridized carbons (Fsp3) is 0.241. The topological polar surface area (TPSA) is 106 Å². The van der Waals surface area contributed by atoms with Crippen LogP contribution in [0.3, 0.4) is 0 Å². The average Bonchev–Trinajstić information content (AvgIpc) is 2.90. The number of nitrogens with one attached hydrogen (secondary N) is 1. The highest BCUT2D eigenvalue weighted by atomic mass is 35.5. The lowest BCUT2D eigenvalue weighted by atomic mass is 9.81. The third kappa shape index (κ3) is 5.11. The number of pyridine rings is 2. The van der Waals surface area contributed by atoms with Gasteiger partial charge in [0, 0.05) is 42.6 Å². The van der Waals surface area contributed by atoms with Crippen molar-refractivity contribution in [3.8, 4) is 11.6 Å². The largest absolute Gasteiger partial charge is 0.482 e. The molecule has 0 bridgehead atoms. The Morgan fingerprint density at radius 3 is 2.50 bits per heavy atom. The number of rotatable bonds is 9. The summed E-state index contributed by atoms with van der Waals surface area (Å²) in [5, 5.41) is 17.8. The highest BCUT2D eigenvalue weighted by molar-refractivity contribution is 6.37. The molecule has 0 amide bonds. The Morgan fingerprint density at radius 1 is 1.13 bits per heavy atom. The number of hydrazine groups is 1. The Morgan fingerprint density at radius 2 is 1.87 bits per heavy atom. The van der Waals surface area contributed by atoms with Crippen molar-refractivity contribution in [2.75, 3.05) is 21.2 Å². The van der Waals surface area contributed by atoms with Crippen LogP contribution in [0.15, 0.2) is 72.6 Å². The molecule has 2 aromatic heterocycles. The van der Waals surface area contributed by atoms with Crippen LogP contribution in [-0.2, 0) is 12.2 Å². The molecular weight excluding hydrogens is 502 g/mol. The Balaban J connectivity index is 1.92. The average molecular weight is 534 g/mol. The summed E-state index contributed by atoms with van der Waals surface area (Å²) in [6.07, 6.45) is 1.66. The van der Waals surface area contributed by atoms with Gasteiger partial charge in [0.1, 0.15) is 6.61 Å². The van der Waals surface area contributed by atoms with E-state index in [0.717, 1.165) is 11.3 Å². The number of hydrogen-bond acceptors (Lipinski definition) is 8. The Kier molecular flexibility index (Phi) is 8.06. The monoisotopic (exact) mass is 533 g/mol. The zero-order valence-electron chi connectivity index (χ0n) is 22.1. The molecule has 1 atom stereocenters. The lowest BCUT2D eigenvalue weighted by molar-refractivity contribution is 0.0865. The van der Waals surface area contributed by atoms with Crippen LogP contribution in [0.5, 0.6) is 11.6 Å². The number of nitrogens with zero attached hydrogens (tertiary/aromatic N) is 3. The van der Waals surface area contributed by atoms with Crippen LogP contribution in [0.4, 0.5) is 0 Å². The predicted molar refractivity (Wildman–Crippen MR) is 150 cm³/mol. The number of likely N-dealkylation sites (N-methyl/N-ethyl adjacent to an activating group) is 1. The summed E-state index contributed by atoms with van der Waals surface area (Å²) in [5.41, 5.74) is 2.92. The summed E-state index contributed by atoms with van der Waals surface area (Å²) >= 11 is 6.91. The Hall–Kier alpha value is -3.85. The number of ether oxygens (including phenoxy) is 2. The van der Waals surface area contributed by atoms with Crippen LogP contribution < -0.4 is 20.6 Å². The van der Waals surface area contributed by atoms with E-state index in [-0.39, 0.29) is 12.5 Å². The summed E-state index contributed by atoms with van der Waals surface area (Å²) in [4.78, 5) is 9.22. The molecule has 0 fully saturated rings. The molecule has 38 heavy (non-hydrogen) atoms. The minimum Gasteiger partial charge on any atom is -0.482 e. The minimum absolute atomic E-state index is 0.275. The van der Waals surface area contributed by atoms with Gasteiger partial charge in [-0.15, -0.1) is 0 Å². The summed E-state index contributed by atoms with van der Waals surface area (Å²) in [6.45, 7) is 4.05. The first-order valence-corrected chi connectivity index (χ1v) is 12.5. The SMILES string of the molecule is CN/C=C(\N(C)N)C(O)(c1ccc2nc(OC)c(OCc3ccccc3)c(Cl)c2c1)c1ccc(C)nc1C. The number of halogens is 1. The van der Waals surface area contributed by atoms with Gasteiger partial charge in [0.05, 0.1) is 23.3 Å². The molecule has 0 saturated carbocycles. The number of benzene rings is 2. The van der Waals surface area contributed by atoms with Gasteiger partial charge in [0.2, 0.25) is 5.75 Å². The normalized spacial score (nSPS) is 13.2. The van der Waals surface area contributed by atoms with Crippen molar-refractivity contribution in [2.24, 2.45) is 5.84 Å². The van der Waals surface area contributed by atoms with E-state index in [9.17, 15) is 5.11 Å². The Labute approximate surface area is 227 Å². The second-order valence-electron chi connectivity index (χ2n) is 9.00. The second kappa shape index (κ2) is 11.3. The van der Waals surface area contributed by atoms with Crippen molar-refractivity contribution < 1.29 is 14.6 Å². The number of aryl methyl sites for hydroxylation is 2. The fourth-order valence-electron chi connectivity index (χ4n) is 4.51. The molecule has 2 heterocycles. The van der Waals surface area contributed by atoms with E-state index in [0.29, 0.717) is 44.2 Å². The molecule has 198 valence electrons. The van der Waals surface area contributed by atoms with Crippen LogP contribution in [0.25, 0.3) is 10.9 Å². The van der Waals surface area contributed by atoms with Crippen LogP contribution in [0.2, 0.25) is 5.02 Å². The lowest BCUT2D eigenvalue weighted by Crippen LogP contribution is -2.42. The first kappa shape index (κ1) is 27.2. The molecule has 4 rings (SSSR count). The molecule has 4 aromatic rings. The van der Waals surface area contributed by atoms with E-state index in [4.69, 9.17) is 26.9 Å². The van der Waals surface area contributed by atoms with Crippen molar-refractivity contribution in [3.63, 3.8) is 0 Å². The Bertz CT molecular complexity index is 1480. The van der Waals surface area contributed by atoms with Crippen LogP contribution >= 0.6 is 11.6 Å². The quantitative estimate of drug-likeness (QED) is 0.212. The van der Waals surface area contributed by atoms with E-state index < -0.39 is 5.60 Å². The van der Waals surface area contributed by atoms with E-state index in [1.807, 2.05) is 56.3 Å².